The lowest BCUT2D eigenvalue weighted by Crippen LogP contribution is -2.30. The van der Waals surface area contributed by atoms with E-state index in [2.05, 4.69) is 33.0 Å². The molecule has 0 aliphatic carbocycles. The van der Waals surface area contributed by atoms with E-state index >= 15 is 0 Å². The largest absolute Gasteiger partial charge is 0.369 e. The number of hydrogen-bond donors (Lipinski definition) is 1. The van der Waals surface area contributed by atoms with Crippen LogP contribution in [0.1, 0.15) is 52.2 Å². The zero-order valence-corrected chi connectivity index (χ0v) is 13.2. The van der Waals surface area contributed by atoms with Crippen LogP contribution in [0, 0.1) is 0 Å². The predicted molar refractivity (Wildman–Crippen MR) is 82.8 cm³/mol. The summed E-state index contributed by atoms with van der Waals surface area (Å²) in [4.78, 5) is 0. The number of benzene rings is 1. The van der Waals surface area contributed by atoms with Crippen molar-refractivity contribution in [2.45, 2.75) is 58.8 Å². The molecule has 19 heavy (non-hydrogen) atoms. The zero-order chi connectivity index (χ0) is 14.3. The number of hydrogen-bond acceptors (Lipinski definition) is 2. The molecule has 0 heterocycles. The van der Waals surface area contributed by atoms with Gasteiger partial charge in [-0.05, 0) is 31.0 Å². The van der Waals surface area contributed by atoms with Crippen molar-refractivity contribution in [2.24, 2.45) is 0 Å². The Hall–Kier alpha value is -0.570. The van der Waals surface area contributed by atoms with Gasteiger partial charge in [-0.2, -0.15) is 0 Å². The molecule has 0 amide bonds. The lowest BCUT2D eigenvalue weighted by atomic mass is 10.1. The first-order chi connectivity index (χ1) is 9.02. The molecule has 2 unspecified atom stereocenters. The lowest BCUT2D eigenvalue weighted by molar-refractivity contribution is -0.00806. The molecule has 0 aromatic heterocycles. The van der Waals surface area contributed by atoms with Gasteiger partial charge in [0.1, 0.15) is 0 Å². The first-order valence-corrected chi connectivity index (χ1v) is 7.55. The summed E-state index contributed by atoms with van der Waals surface area (Å²) in [6.07, 6.45) is 2.60. The molecule has 2 atom stereocenters. The standard InChI is InChI=1S/C16H26ClNO/c1-5-6-13(4)19-16(11-18-12(2)3)14-7-9-15(17)10-8-14/h7-10,12-13,16,18H,5-6,11H2,1-4H3. The van der Waals surface area contributed by atoms with E-state index in [0.29, 0.717) is 6.04 Å². The smallest absolute Gasteiger partial charge is 0.0952 e. The normalized spacial score (nSPS) is 14.6. The lowest BCUT2D eigenvalue weighted by Gasteiger charge is -2.24. The number of rotatable bonds is 8. The highest BCUT2D eigenvalue weighted by Crippen LogP contribution is 2.22. The summed E-state index contributed by atoms with van der Waals surface area (Å²) in [6.45, 7) is 9.45. The van der Waals surface area contributed by atoms with E-state index in [4.69, 9.17) is 16.3 Å². The monoisotopic (exact) mass is 283 g/mol. The Kier molecular flexibility index (Phi) is 7.44. The summed E-state index contributed by atoms with van der Waals surface area (Å²) in [5.41, 5.74) is 1.18. The Balaban J connectivity index is 2.70. The fraction of sp³-hybridized carbons (Fsp3) is 0.625. The molecule has 0 radical (unpaired) electrons. The number of halogens is 1. The summed E-state index contributed by atoms with van der Waals surface area (Å²) in [5, 5.41) is 4.21. The average molecular weight is 284 g/mol. The van der Waals surface area contributed by atoms with Gasteiger partial charge in [0.15, 0.2) is 0 Å². The van der Waals surface area contributed by atoms with Crippen LogP contribution in [0.5, 0.6) is 0 Å². The molecule has 0 saturated heterocycles. The minimum absolute atomic E-state index is 0.0845. The number of ether oxygens (including phenoxy) is 1. The van der Waals surface area contributed by atoms with Gasteiger partial charge in [-0.1, -0.05) is 50.9 Å². The maximum Gasteiger partial charge on any atom is 0.0952 e. The maximum atomic E-state index is 6.16. The van der Waals surface area contributed by atoms with Gasteiger partial charge in [-0.25, -0.2) is 0 Å². The Labute approximate surface area is 122 Å². The van der Waals surface area contributed by atoms with E-state index in [1.807, 2.05) is 24.3 Å². The first-order valence-electron chi connectivity index (χ1n) is 7.17. The van der Waals surface area contributed by atoms with E-state index < -0.39 is 0 Å². The zero-order valence-electron chi connectivity index (χ0n) is 12.4. The third-order valence-corrected chi connectivity index (χ3v) is 3.30. The van der Waals surface area contributed by atoms with Crippen LogP contribution in [-0.4, -0.2) is 18.7 Å². The summed E-state index contributed by atoms with van der Waals surface area (Å²) < 4.78 is 6.16. The molecule has 0 bridgehead atoms. The van der Waals surface area contributed by atoms with Gasteiger partial charge in [0.25, 0.3) is 0 Å². The molecular formula is C16H26ClNO. The van der Waals surface area contributed by atoms with Crippen LogP contribution in [0.4, 0.5) is 0 Å². The molecule has 1 aromatic rings. The van der Waals surface area contributed by atoms with Crippen molar-refractivity contribution in [3.8, 4) is 0 Å². The van der Waals surface area contributed by atoms with E-state index in [0.717, 1.165) is 24.4 Å². The van der Waals surface area contributed by atoms with Crippen molar-refractivity contribution in [1.82, 2.24) is 5.32 Å². The maximum absolute atomic E-state index is 6.16. The molecule has 0 saturated carbocycles. The van der Waals surface area contributed by atoms with Crippen molar-refractivity contribution in [1.29, 1.82) is 0 Å². The summed E-state index contributed by atoms with van der Waals surface area (Å²) in [7, 11) is 0. The minimum atomic E-state index is 0.0845. The van der Waals surface area contributed by atoms with Gasteiger partial charge in [0, 0.05) is 17.6 Å². The molecule has 1 rings (SSSR count). The summed E-state index contributed by atoms with van der Waals surface area (Å²) in [6, 6.07) is 8.40. The van der Waals surface area contributed by atoms with E-state index in [1.54, 1.807) is 0 Å². The number of nitrogens with one attached hydrogen (secondary N) is 1. The van der Waals surface area contributed by atoms with Crippen molar-refractivity contribution in [3.63, 3.8) is 0 Å². The second-order valence-electron chi connectivity index (χ2n) is 5.34. The van der Waals surface area contributed by atoms with Crippen molar-refractivity contribution < 1.29 is 4.74 Å². The third kappa shape index (κ3) is 6.42. The molecule has 0 fully saturated rings. The second kappa shape index (κ2) is 8.57. The second-order valence-corrected chi connectivity index (χ2v) is 5.77. The molecule has 1 N–H and O–H groups in total. The van der Waals surface area contributed by atoms with Crippen molar-refractivity contribution in [2.75, 3.05) is 6.54 Å². The molecule has 3 heteroatoms. The fourth-order valence-corrected chi connectivity index (χ4v) is 2.15. The first kappa shape index (κ1) is 16.5. The van der Waals surface area contributed by atoms with Gasteiger partial charge < -0.3 is 10.1 Å². The van der Waals surface area contributed by atoms with Crippen LogP contribution in [-0.2, 0) is 4.74 Å². The van der Waals surface area contributed by atoms with Gasteiger partial charge >= 0.3 is 0 Å². The minimum Gasteiger partial charge on any atom is -0.369 e. The van der Waals surface area contributed by atoms with Gasteiger partial charge in [-0.15, -0.1) is 0 Å². The molecular weight excluding hydrogens is 258 g/mol. The van der Waals surface area contributed by atoms with Crippen LogP contribution >= 0.6 is 11.6 Å². The van der Waals surface area contributed by atoms with E-state index in [9.17, 15) is 0 Å². The molecule has 0 spiro atoms. The predicted octanol–water partition coefficient (Wildman–Crippen LogP) is 4.58. The summed E-state index contributed by atoms with van der Waals surface area (Å²) in [5.74, 6) is 0. The molecule has 0 aliphatic heterocycles. The van der Waals surface area contributed by atoms with Crippen LogP contribution in [0.25, 0.3) is 0 Å². The fourth-order valence-electron chi connectivity index (χ4n) is 2.02. The van der Waals surface area contributed by atoms with E-state index in [-0.39, 0.29) is 12.2 Å². The van der Waals surface area contributed by atoms with Crippen molar-refractivity contribution >= 4 is 11.6 Å². The molecule has 0 aliphatic rings. The Bertz CT molecular complexity index is 350. The third-order valence-electron chi connectivity index (χ3n) is 3.05. The van der Waals surface area contributed by atoms with Gasteiger partial charge in [0.2, 0.25) is 0 Å². The summed E-state index contributed by atoms with van der Waals surface area (Å²) >= 11 is 5.94. The Morgan fingerprint density at radius 3 is 2.32 bits per heavy atom. The highest BCUT2D eigenvalue weighted by atomic mass is 35.5. The van der Waals surface area contributed by atoms with Crippen LogP contribution in [0.15, 0.2) is 24.3 Å². The average Bonchev–Trinajstić information content (AvgIpc) is 2.35. The highest BCUT2D eigenvalue weighted by Gasteiger charge is 2.15. The van der Waals surface area contributed by atoms with Crippen LogP contribution in [0.2, 0.25) is 5.02 Å². The van der Waals surface area contributed by atoms with E-state index in [1.165, 1.54) is 5.56 Å². The Morgan fingerprint density at radius 1 is 1.16 bits per heavy atom. The molecule has 108 valence electrons. The topological polar surface area (TPSA) is 21.3 Å². The highest BCUT2D eigenvalue weighted by molar-refractivity contribution is 6.30. The molecule has 2 nitrogen and oxygen atoms in total. The van der Waals surface area contributed by atoms with Crippen LogP contribution in [0.3, 0.4) is 0 Å². The van der Waals surface area contributed by atoms with Crippen LogP contribution < -0.4 is 5.32 Å². The SMILES string of the molecule is CCCC(C)OC(CNC(C)C)c1ccc(Cl)cc1. The quantitative estimate of drug-likeness (QED) is 0.754. The molecule has 1 aromatic carbocycles. The van der Waals surface area contributed by atoms with Gasteiger partial charge in [-0.3, -0.25) is 0 Å². The van der Waals surface area contributed by atoms with Crippen molar-refractivity contribution in [3.05, 3.63) is 34.9 Å². The van der Waals surface area contributed by atoms with Gasteiger partial charge in [0.05, 0.1) is 12.2 Å². The Morgan fingerprint density at radius 2 is 1.79 bits per heavy atom.